The van der Waals surface area contributed by atoms with Crippen molar-refractivity contribution in [2.45, 2.75) is 12.8 Å². The van der Waals surface area contributed by atoms with E-state index in [1.165, 1.54) is 21.5 Å². The van der Waals surface area contributed by atoms with Gasteiger partial charge >= 0.3 is 0 Å². The van der Waals surface area contributed by atoms with Crippen LogP contribution >= 0.6 is 7.26 Å². The van der Waals surface area contributed by atoms with Crippen LogP contribution in [0, 0.1) is 0 Å². The van der Waals surface area contributed by atoms with Crippen molar-refractivity contribution in [1.29, 1.82) is 0 Å². The molecule has 0 aliphatic heterocycles. The van der Waals surface area contributed by atoms with Crippen LogP contribution in [0.2, 0.25) is 0 Å². The van der Waals surface area contributed by atoms with E-state index in [2.05, 4.69) is 140 Å². The Morgan fingerprint density at radius 3 is 1.24 bits per heavy atom. The molecule has 0 N–H and O–H groups in total. The van der Waals surface area contributed by atoms with Crippen LogP contribution in [0.3, 0.4) is 0 Å². The topological polar surface area (TPSA) is 0 Å². The van der Waals surface area contributed by atoms with Gasteiger partial charge in [-0.3, -0.25) is 0 Å². The zero-order valence-corrected chi connectivity index (χ0v) is 17.6. The van der Waals surface area contributed by atoms with Crippen molar-refractivity contribution in [1.82, 2.24) is 0 Å². The lowest BCUT2D eigenvalue weighted by Gasteiger charge is -2.24. The van der Waals surface area contributed by atoms with Crippen LogP contribution in [0.1, 0.15) is 18.4 Å². The van der Waals surface area contributed by atoms with Crippen molar-refractivity contribution in [3.05, 3.63) is 139 Å². The molecule has 4 aromatic rings. The van der Waals surface area contributed by atoms with E-state index < -0.39 is 7.26 Å². The van der Waals surface area contributed by atoms with Crippen molar-refractivity contribution in [3.8, 4) is 0 Å². The lowest BCUT2D eigenvalue weighted by molar-refractivity contribution is 0.970. The fourth-order valence-electron chi connectivity index (χ4n) is 3.82. The summed E-state index contributed by atoms with van der Waals surface area (Å²) in [6, 6.07) is 43.7. The Bertz CT molecular complexity index is 942. The third kappa shape index (κ3) is 4.09. The first kappa shape index (κ1) is 19.4. The minimum atomic E-state index is -1.91. The quantitative estimate of drug-likeness (QED) is 0.337. The van der Waals surface area contributed by atoms with Crippen LogP contribution in [0.25, 0.3) is 0 Å². The Morgan fingerprint density at radius 2 is 0.862 bits per heavy atom. The minimum absolute atomic E-state index is 0.353. The van der Waals surface area contributed by atoms with E-state index in [0.29, 0.717) is 5.92 Å². The summed E-state index contributed by atoms with van der Waals surface area (Å²) in [6.45, 7) is 2.28. The zero-order valence-electron chi connectivity index (χ0n) is 16.7. The van der Waals surface area contributed by atoms with Crippen molar-refractivity contribution in [2.75, 3.05) is 0 Å². The van der Waals surface area contributed by atoms with Crippen molar-refractivity contribution < 1.29 is 0 Å². The summed E-state index contributed by atoms with van der Waals surface area (Å²) in [6.07, 6.45) is 2.40. The molecular weight excluding hydrogens is 367 g/mol. The molecule has 4 rings (SSSR count). The first-order valence-corrected chi connectivity index (χ1v) is 12.0. The van der Waals surface area contributed by atoms with Gasteiger partial charge in [-0.1, -0.05) is 91.9 Å². The Morgan fingerprint density at radius 1 is 0.517 bits per heavy atom. The average molecular weight is 393 g/mol. The molecule has 0 bridgehead atoms. The van der Waals surface area contributed by atoms with E-state index in [9.17, 15) is 0 Å². The van der Waals surface area contributed by atoms with Gasteiger partial charge in [-0.2, -0.15) is 0 Å². The summed E-state index contributed by atoms with van der Waals surface area (Å²) < 4.78 is 0. The molecule has 0 radical (unpaired) electrons. The molecule has 0 saturated heterocycles. The van der Waals surface area contributed by atoms with Crippen molar-refractivity contribution in [2.24, 2.45) is 0 Å². The maximum absolute atomic E-state index is 2.50. The van der Waals surface area contributed by atoms with Gasteiger partial charge in [-0.05, 0) is 48.0 Å². The predicted molar refractivity (Wildman–Crippen MR) is 129 cm³/mol. The van der Waals surface area contributed by atoms with Gasteiger partial charge in [0.15, 0.2) is 0 Å². The fraction of sp³-hybridized carbons (Fsp3) is 0.0714. The van der Waals surface area contributed by atoms with Gasteiger partial charge in [-0.25, -0.2) is 0 Å². The number of hydrogen-bond donors (Lipinski definition) is 0. The molecule has 0 amide bonds. The molecule has 142 valence electrons. The van der Waals surface area contributed by atoms with Gasteiger partial charge in [0, 0.05) is 5.92 Å². The monoisotopic (exact) mass is 393 g/mol. The lowest BCUT2D eigenvalue weighted by atomic mass is 10.0. The van der Waals surface area contributed by atoms with Gasteiger partial charge in [0.1, 0.15) is 23.2 Å². The summed E-state index contributed by atoms with van der Waals surface area (Å²) in [5.41, 5.74) is 1.34. The maximum atomic E-state index is 2.50. The Hall–Kier alpha value is -2.95. The molecule has 0 spiro atoms. The molecule has 0 nitrogen and oxygen atoms in total. The molecule has 0 heterocycles. The third-order valence-corrected chi connectivity index (χ3v) is 9.37. The highest BCUT2D eigenvalue weighted by molar-refractivity contribution is 7.98. The van der Waals surface area contributed by atoms with Crippen molar-refractivity contribution >= 4 is 23.2 Å². The fourth-order valence-corrected chi connectivity index (χ4v) is 7.68. The molecule has 1 unspecified atom stereocenters. The predicted octanol–water partition coefficient (Wildman–Crippen LogP) is 6.30. The number of rotatable bonds is 6. The standard InChI is InChI=1S/C28H26P/c1-24(25-14-6-2-7-15-25)22-23-29(26-16-8-3-9-17-26,27-18-10-4-11-19-27)28-20-12-5-13-21-28/h2-24H,1H3/q+1/b23-22+. The molecule has 0 aliphatic carbocycles. The van der Waals surface area contributed by atoms with Crippen LogP contribution < -0.4 is 15.9 Å². The highest BCUT2D eigenvalue weighted by atomic mass is 31.2. The molecule has 0 fully saturated rings. The van der Waals surface area contributed by atoms with E-state index >= 15 is 0 Å². The SMILES string of the molecule is CC(/C=C/[P+](c1ccccc1)(c1ccccc1)c1ccccc1)c1ccccc1. The second-order valence-corrected chi connectivity index (χ2v) is 10.6. The van der Waals surface area contributed by atoms with Gasteiger partial charge in [0.2, 0.25) is 0 Å². The molecular formula is C28H26P+. The van der Waals surface area contributed by atoms with Gasteiger partial charge in [-0.15, -0.1) is 0 Å². The van der Waals surface area contributed by atoms with Crippen LogP contribution in [-0.2, 0) is 0 Å². The first-order valence-electron chi connectivity index (χ1n) is 10.1. The highest BCUT2D eigenvalue weighted by Gasteiger charge is 2.43. The van der Waals surface area contributed by atoms with Crippen LogP contribution in [0.4, 0.5) is 0 Å². The molecule has 0 aliphatic rings. The molecule has 1 atom stereocenters. The van der Waals surface area contributed by atoms with Crippen LogP contribution in [0.15, 0.2) is 133 Å². The minimum Gasteiger partial charge on any atom is -0.0622 e. The first-order chi connectivity index (χ1) is 14.3. The largest absolute Gasteiger partial charge is 0.136 e. The molecule has 0 aromatic heterocycles. The highest BCUT2D eigenvalue weighted by Crippen LogP contribution is 2.57. The van der Waals surface area contributed by atoms with Gasteiger partial charge in [0.05, 0.1) is 5.82 Å². The number of benzene rings is 4. The molecule has 0 saturated carbocycles. The number of hydrogen-bond acceptors (Lipinski definition) is 0. The molecule has 29 heavy (non-hydrogen) atoms. The summed E-state index contributed by atoms with van der Waals surface area (Å²) in [4.78, 5) is 0. The Balaban J connectivity index is 1.92. The van der Waals surface area contributed by atoms with Gasteiger partial charge in [0.25, 0.3) is 0 Å². The normalized spacial score (nSPS) is 12.7. The van der Waals surface area contributed by atoms with E-state index in [1.807, 2.05) is 0 Å². The lowest BCUT2D eigenvalue weighted by Crippen LogP contribution is -2.29. The number of allylic oxidation sites excluding steroid dienone is 1. The van der Waals surface area contributed by atoms with E-state index in [0.717, 1.165) is 0 Å². The van der Waals surface area contributed by atoms with Crippen LogP contribution in [0.5, 0.6) is 0 Å². The zero-order chi connectivity index (χ0) is 19.9. The maximum Gasteiger partial charge on any atom is 0.136 e. The van der Waals surface area contributed by atoms with Gasteiger partial charge < -0.3 is 0 Å². The molecule has 1 heteroatoms. The second-order valence-electron chi connectivity index (χ2n) is 7.27. The summed E-state index contributed by atoms with van der Waals surface area (Å²) >= 11 is 0. The summed E-state index contributed by atoms with van der Waals surface area (Å²) in [5, 5.41) is 4.15. The van der Waals surface area contributed by atoms with E-state index in [-0.39, 0.29) is 0 Å². The smallest absolute Gasteiger partial charge is 0.0622 e. The van der Waals surface area contributed by atoms with E-state index in [1.54, 1.807) is 0 Å². The Kier molecular flexibility index (Phi) is 6.03. The van der Waals surface area contributed by atoms with Crippen molar-refractivity contribution in [3.63, 3.8) is 0 Å². The van der Waals surface area contributed by atoms with E-state index in [4.69, 9.17) is 0 Å². The second kappa shape index (κ2) is 9.03. The third-order valence-electron chi connectivity index (χ3n) is 5.41. The molecule has 4 aromatic carbocycles. The Labute approximate surface area is 174 Å². The van der Waals surface area contributed by atoms with Crippen LogP contribution in [-0.4, -0.2) is 0 Å². The summed E-state index contributed by atoms with van der Waals surface area (Å²) in [5.74, 6) is 2.86. The summed E-state index contributed by atoms with van der Waals surface area (Å²) in [7, 11) is -1.91. The average Bonchev–Trinajstić information content (AvgIpc) is 2.82.